The number of carbonyl (C=O) groups excluding carboxylic acids is 1. The van der Waals surface area contributed by atoms with Gasteiger partial charge in [0.15, 0.2) is 0 Å². The van der Waals surface area contributed by atoms with Crippen LogP contribution in [0.25, 0.3) is 0 Å². The predicted molar refractivity (Wildman–Crippen MR) is 87.1 cm³/mol. The average molecular weight is 354 g/mol. The first kappa shape index (κ1) is 17.2. The minimum atomic E-state index is -1.04. The van der Waals surface area contributed by atoms with Crippen molar-refractivity contribution >= 4 is 23.5 Å². The van der Waals surface area contributed by atoms with Gasteiger partial charge < -0.3 is 19.9 Å². The lowest BCUT2D eigenvalue weighted by Gasteiger charge is -2.33. The number of amides is 1. The second kappa shape index (κ2) is 7.09. The highest BCUT2D eigenvalue weighted by Gasteiger charge is 2.52. The van der Waals surface area contributed by atoms with Crippen molar-refractivity contribution in [1.82, 2.24) is 5.32 Å². The Morgan fingerprint density at radius 3 is 2.67 bits per heavy atom. The first-order chi connectivity index (χ1) is 11.5. The molecule has 0 bridgehead atoms. The van der Waals surface area contributed by atoms with E-state index in [-0.39, 0.29) is 18.6 Å². The maximum Gasteiger partial charge on any atom is 0.329 e. The number of rotatable bonds is 6. The number of carboxylic acid groups (broad SMARTS) is 1. The summed E-state index contributed by atoms with van der Waals surface area (Å²) in [4.78, 5) is 23.5. The summed E-state index contributed by atoms with van der Waals surface area (Å²) in [5.41, 5.74) is 0.458. The standard InChI is InChI=1S/C17H20ClNO5/c18-12-3-1-11(2-4-12)17(6-7-17)16(22)19-13-5-8-23-9-14(13)24-10-15(20)21/h1-4,13-14H,5-10H2,(H,19,22)(H,20,21)/t13-,14-/m1/s1. The molecule has 7 heteroatoms. The summed E-state index contributed by atoms with van der Waals surface area (Å²) in [7, 11) is 0. The lowest BCUT2D eigenvalue weighted by atomic mass is 9.94. The van der Waals surface area contributed by atoms with Gasteiger partial charge in [-0.3, -0.25) is 4.79 Å². The van der Waals surface area contributed by atoms with Crippen LogP contribution in [0.2, 0.25) is 5.02 Å². The first-order valence-electron chi connectivity index (χ1n) is 7.99. The fraction of sp³-hybridized carbons (Fsp3) is 0.529. The van der Waals surface area contributed by atoms with Crippen LogP contribution in [-0.4, -0.2) is 48.9 Å². The Bertz CT molecular complexity index is 614. The van der Waals surface area contributed by atoms with Gasteiger partial charge in [0.1, 0.15) is 12.7 Å². The molecule has 1 saturated heterocycles. The van der Waals surface area contributed by atoms with E-state index in [1.165, 1.54) is 0 Å². The summed E-state index contributed by atoms with van der Waals surface area (Å²) in [5.74, 6) is -1.08. The zero-order chi connectivity index (χ0) is 17.2. The quantitative estimate of drug-likeness (QED) is 0.813. The lowest BCUT2D eigenvalue weighted by molar-refractivity contribution is -0.149. The summed E-state index contributed by atoms with van der Waals surface area (Å²) < 4.78 is 10.7. The molecule has 2 fully saturated rings. The Kier molecular flexibility index (Phi) is 5.08. The fourth-order valence-electron chi connectivity index (χ4n) is 3.07. The van der Waals surface area contributed by atoms with E-state index in [0.29, 0.717) is 18.1 Å². The summed E-state index contributed by atoms with van der Waals surface area (Å²) in [6, 6.07) is 7.11. The van der Waals surface area contributed by atoms with Gasteiger partial charge in [0.2, 0.25) is 5.91 Å². The monoisotopic (exact) mass is 353 g/mol. The van der Waals surface area contributed by atoms with E-state index in [1.807, 2.05) is 12.1 Å². The van der Waals surface area contributed by atoms with E-state index in [2.05, 4.69) is 5.32 Å². The van der Waals surface area contributed by atoms with Gasteiger partial charge in [-0.05, 0) is 37.0 Å². The molecule has 130 valence electrons. The van der Waals surface area contributed by atoms with Gasteiger partial charge in [0.05, 0.1) is 18.1 Å². The third-order valence-corrected chi connectivity index (χ3v) is 4.87. The van der Waals surface area contributed by atoms with Crippen molar-refractivity contribution in [2.75, 3.05) is 19.8 Å². The van der Waals surface area contributed by atoms with Crippen LogP contribution in [-0.2, 0) is 24.5 Å². The van der Waals surface area contributed by atoms with Crippen LogP contribution in [0.1, 0.15) is 24.8 Å². The van der Waals surface area contributed by atoms with E-state index in [0.717, 1.165) is 18.4 Å². The number of hydrogen-bond acceptors (Lipinski definition) is 4. The van der Waals surface area contributed by atoms with Gasteiger partial charge >= 0.3 is 5.97 Å². The van der Waals surface area contributed by atoms with Crippen LogP contribution in [0.5, 0.6) is 0 Å². The molecule has 24 heavy (non-hydrogen) atoms. The number of carboxylic acids is 1. The Hall–Kier alpha value is -1.63. The first-order valence-corrected chi connectivity index (χ1v) is 8.37. The molecule has 1 aliphatic carbocycles. The normalized spacial score (nSPS) is 25.0. The van der Waals surface area contributed by atoms with Crippen molar-refractivity contribution in [3.63, 3.8) is 0 Å². The van der Waals surface area contributed by atoms with Gasteiger partial charge in [0.25, 0.3) is 0 Å². The van der Waals surface area contributed by atoms with Crippen LogP contribution < -0.4 is 5.32 Å². The highest BCUT2D eigenvalue weighted by atomic mass is 35.5. The van der Waals surface area contributed by atoms with Crippen LogP contribution in [0.15, 0.2) is 24.3 Å². The molecule has 0 radical (unpaired) electrons. The largest absolute Gasteiger partial charge is 0.480 e. The highest BCUT2D eigenvalue weighted by Crippen LogP contribution is 2.48. The summed E-state index contributed by atoms with van der Waals surface area (Å²) in [5, 5.41) is 12.4. The van der Waals surface area contributed by atoms with E-state index in [4.69, 9.17) is 26.2 Å². The van der Waals surface area contributed by atoms with Crippen molar-refractivity contribution in [3.8, 4) is 0 Å². The Labute approximate surface area is 145 Å². The summed E-state index contributed by atoms with van der Waals surface area (Å²) in [6.45, 7) is 0.403. The molecule has 6 nitrogen and oxygen atoms in total. The second-order valence-electron chi connectivity index (χ2n) is 6.28. The molecule has 1 heterocycles. The molecule has 1 aliphatic heterocycles. The predicted octanol–water partition coefficient (Wildman–Crippen LogP) is 1.75. The molecule has 1 aromatic rings. The van der Waals surface area contributed by atoms with Crippen molar-refractivity contribution < 1.29 is 24.2 Å². The van der Waals surface area contributed by atoms with Crippen molar-refractivity contribution in [2.24, 2.45) is 0 Å². The molecular formula is C17H20ClNO5. The van der Waals surface area contributed by atoms with Crippen LogP contribution in [0, 0.1) is 0 Å². The molecular weight excluding hydrogens is 334 g/mol. The number of halogens is 1. The Morgan fingerprint density at radius 2 is 2.04 bits per heavy atom. The van der Waals surface area contributed by atoms with Gasteiger partial charge in [-0.2, -0.15) is 0 Å². The number of hydrogen-bond donors (Lipinski definition) is 2. The van der Waals surface area contributed by atoms with Crippen LogP contribution in [0.4, 0.5) is 0 Å². The fourth-order valence-corrected chi connectivity index (χ4v) is 3.19. The third kappa shape index (κ3) is 3.71. The third-order valence-electron chi connectivity index (χ3n) is 4.62. The molecule has 3 rings (SSSR count). The zero-order valence-electron chi connectivity index (χ0n) is 13.2. The van der Waals surface area contributed by atoms with E-state index in [9.17, 15) is 9.59 Å². The SMILES string of the molecule is O=C(O)CO[C@@H]1COCC[C@H]1NC(=O)C1(c2ccc(Cl)cc2)CC1. The molecule has 2 atom stereocenters. The Morgan fingerprint density at radius 1 is 1.33 bits per heavy atom. The average Bonchev–Trinajstić information content (AvgIpc) is 3.36. The highest BCUT2D eigenvalue weighted by molar-refractivity contribution is 6.30. The van der Waals surface area contributed by atoms with Crippen molar-refractivity contribution in [3.05, 3.63) is 34.9 Å². The summed E-state index contributed by atoms with van der Waals surface area (Å²) in [6.07, 6.45) is 1.75. The molecule has 2 N–H and O–H groups in total. The topological polar surface area (TPSA) is 84.9 Å². The molecule has 2 aliphatic rings. The molecule has 0 unspecified atom stereocenters. The molecule has 1 aromatic carbocycles. The second-order valence-corrected chi connectivity index (χ2v) is 6.71. The maximum absolute atomic E-state index is 12.8. The zero-order valence-corrected chi connectivity index (χ0v) is 13.9. The number of aliphatic carboxylic acids is 1. The minimum Gasteiger partial charge on any atom is -0.480 e. The number of benzene rings is 1. The maximum atomic E-state index is 12.8. The van der Waals surface area contributed by atoms with Crippen LogP contribution >= 0.6 is 11.6 Å². The Balaban J connectivity index is 1.66. The van der Waals surface area contributed by atoms with Crippen molar-refractivity contribution in [2.45, 2.75) is 36.8 Å². The lowest BCUT2D eigenvalue weighted by Crippen LogP contribution is -2.52. The number of carbonyl (C=O) groups is 2. The number of ether oxygens (including phenoxy) is 2. The molecule has 1 saturated carbocycles. The van der Waals surface area contributed by atoms with Crippen LogP contribution in [0.3, 0.4) is 0 Å². The van der Waals surface area contributed by atoms with Gasteiger partial charge in [-0.15, -0.1) is 0 Å². The summed E-state index contributed by atoms with van der Waals surface area (Å²) >= 11 is 5.92. The molecule has 1 amide bonds. The van der Waals surface area contributed by atoms with Gasteiger partial charge in [-0.25, -0.2) is 4.79 Å². The smallest absolute Gasteiger partial charge is 0.329 e. The molecule has 0 aromatic heterocycles. The number of nitrogens with one attached hydrogen (secondary N) is 1. The van der Waals surface area contributed by atoms with Gasteiger partial charge in [0, 0.05) is 11.6 Å². The molecule has 0 spiro atoms. The van der Waals surface area contributed by atoms with E-state index < -0.39 is 24.1 Å². The van der Waals surface area contributed by atoms with E-state index in [1.54, 1.807) is 12.1 Å². The van der Waals surface area contributed by atoms with Crippen molar-refractivity contribution in [1.29, 1.82) is 0 Å². The minimum absolute atomic E-state index is 0.0411. The van der Waals surface area contributed by atoms with Gasteiger partial charge in [-0.1, -0.05) is 23.7 Å². The van der Waals surface area contributed by atoms with E-state index >= 15 is 0 Å².